The van der Waals surface area contributed by atoms with Crippen molar-refractivity contribution < 1.29 is 28.7 Å². The van der Waals surface area contributed by atoms with Crippen molar-refractivity contribution in [3.8, 4) is 0 Å². The van der Waals surface area contributed by atoms with Crippen molar-refractivity contribution in [2.24, 2.45) is 5.84 Å². The number of hydrogen-bond acceptors (Lipinski definition) is 8. The van der Waals surface area contributed by atoms with Gasteiger partial charge in [0.2, 0.25) is 6.41 Å². The molecular formula is C19H27N3O6. The molecule has 2 amide bonds. The first kappa shape index (κ1) is 23.3. The Morgan fingerprint density at radius 3 is 2.32 bits per heavy atom. The van der Waals surface area contributed by atoms with E-state index in [4.69, 9.17) is 10.6 Å². The predicted molar refractivity (Wildman–Crippen MR) is 100 cm³/mol. The molecule has 3 N–H and O–H groups in total. The quantitative estimate of drug-likeness (QED) is 0.223. The van der Waals surface area contributed by atoms with Crippen molar-refractivity contribution in [2.75, 3.05) is 13.2 Å². The van der Waals surface area contributed by atoms with E-state index in [-0.39, 0.29) is 18.9 Å². The predicted octanol–water partition coefficient (Wildman–Crippen LogP) is 0.321. The summed E-state index contributed by atoms with van der Waals surface area (Å²) in [5, 5.41) is 3.27. The summed E-state index contributed by atoms with van der Waals surface area (Å²) < 4.78 is 9.47. The maximum atomic E-state index is 12.1. The Kier molecular flexibility index (Phi) is 9.26. The van der Waals surface area contributed by atoms with Gasteiger partial charge in [0.05, 0.1) is 19.0 Å². The molecule has 0 aliphatic carbocycles. The number of cyclic esters (lactones) is 1. The number of nitrogens with one attached hydrogen (secondary N) is 1. The molecule has 9 heteroatoms. The maximum Gasteiger partial charge on any atom is 0.320 e. The van der Waals surface area contributed by atoms with Crippen LogP contribution in [0.15, 0.2) is 30.3 Å². The zero-order valence-corrected chi connectivity index (χ0v) is 16.3. The topological polar surface area (TPSA) is 128 Å². The molecule has 9 nitrogen and oxygen atoms in total. The van der Waals surface area contributed by atoms with Crippen LogP contribution in [0.2, 0.25) is 0 Å². The molecule has 0 aromatic heterocycles. The van der Waals surface area contributed by atoms with Crippen molar-refractivity contribution in [3.05, 3.63) is 35.9 Å². The molecule has 0 radical (unpaired) electrons. The Morgan fingerprint density at radius 1 is 1.32 bits per heavy atom. The number of hydrazine groups is 1. The number of amides is 2. The summed E-state index contributed by atoms with van der Waals surface area (Å²) in [7, 11) is 0. The fraction of sp³-hybridized carbons (Fsp3) is 0.474. The van der Waals surface area contributed by atoms with E-state index in [1.807, 2.05) is 30.3 Å². The van der Waals surface area contributed by atoms with Crippen LogP contribution in [0.4, 0.5) is 0 Å². The number of ether oxygens (including phenoxy) is 2. The fourth-order valence-electron chi connectivity index (χ4n) is 2.10. The molecule has 1 fully saturated rings. The lowest BCUT2D eigenvalue weighted by Gasteiger charge is -2.23. The number of nitrogens with zero attached hydrogens (tertiary/aromatic N) is 1. The minimum Gasteiger partial charge on any atom is -0.465 e. The minimum absolute atomic E-state index is 0.0648. The van der Waals surface area contributed by atoms with Crippen molar-refractivity contribution in [1.82, 2.24) is 10.3 Å². The van der Waals surface area contributed by atoms with Crippen LogP contribution < -0.4 is 11.2 Å². The third-order valence-electron chi connectivity index (χ3n) is 3.43. The van der Waals surface area contributed by atoms with Gasteiger partial charge in [-0.3, -0.25) is 24.5 Å². The SMILES string of the molecule is CC(C)(C)OC(=O)CN[C@H](Cc1ccccc1)C(=O)N(N)C=O.O=C1CCO1. The highest BCUT2D eigenvalue weighted by atomic mass is 16.6. The van der Waals surface area contributed by atoms with E-state index in [2.05, 4.69) is 10.1 Å². The van der Waals surface area contributed by atoms with Crippen LogP contribution >= 0.6 is 0 Å². The molecule has 1 aliphatic heterocycles. The number of imide groups is 1. The highest BCUT2D eigenvalue weighted by molar-refractivity contribution is 5.90. The zero-order valence-electron chi connectivity index (χ0n) is 16.3. The van der Waals surface area contributed by atoms with E-state index in [1.165, 1.54) is 0 Å². The number of carbonyl (C=O) groups excluding carboxylic acids is 4. The Labute approximate surface area is 164 Å². The summed E-state index contributed by atoms with van der Waals surface area (Å²) in [5.74, 6) is 4.17. The maximum absolute atomic E-state index is 12.1. The van der Waals surface area contributed by atoms with E-state index in [0.717, 1.165) is 5.56 Å². The summed E-state index contributed by atoms with van der Waals surface area (Å²) in [6, 6.07) is 8.42. The van der Waals surface area contributed by atoms with Crippen molar-refractivity contribution in [2.45, 2.75) is 45.3 Å². The van der Waals surface area contributed by atoms with E-state index in [0.29, 0.717) is 24.5 Å². The first-order valence-electron chi connectivity index (χ1n) is 8.80. The summed E-state index contributed by atoms with van der Waals surface area (Å²) in [5.41, 5.74) is 0.266. The molecule has 2 rings (SSSR count). The Bertz CT molecular complexity index is 666. The molecule has 1 aromatic carbocycles. The van der Waals surface area contributed by atoms with Gasteiger partial charge in [0.1, 0.15) is 12.2 Å². The van der Waals surface area contributed by atoms with Gasteiger partial charge >= 0.3 is 11.9 Å². The number of esters is 2. The Hall–Kier alpha value is -2.78. The van der Waals surface area contributed by atoms with Crippen molar-refractivity contribution >= 4 is 24.3 Å². The van der Waals surface area contributed by atoms with Gasteiger partial charge in [-0.15, -0.1) is 0 Å². The smallest absolute Gasteiger partial charge is 0.320 e. The molecular weight excluding hydrogens is 366 g/mol. The number of benzene rings is 1. The Balaban J connectivity index is 0.000000674. The molecule has 0 spiro atoms. The zero-order chi connectivity index (χ0) is 21.2. The Morgan fingerprint density at radius 2 is 1.89 bits per heavy atom. The molecule has 1 saturated heterocycles. The van der Waals surface area contributed by atoms with E-state index in [9.17, 15) is 19.2 Å². The first-order valence-corrected chi connectivity index (χ1v) is 8.80. The minimum atomic E-state index is -0.805. The van der Waals surface area contributed by atoms with Gasteiger partial charge in [-0.05, 0) is 32.8 Å². The lowest BCUT2D eigenvalue weighted by Crippen LogP contribution is -2.51. The molecule has 1 heterocycles. The van der Waals surface area contributed by atoms with E-state index in [1.54, 1.807) is 20.8 Å². The lowest BCUT2D eigenvalue weighted by molar-refractivity contribution is -0.157. The second-order valence-electron chi connectivity index (χ2n) is 7.03. The second-order valence-corrected chi connectivity index (χ2v) is 7.03. The van der Waals surface area contributed by atoms with Gasteiger partial charge in [-0.25, -0.2) is 10.9 Å². The summed E-state index contributed by atoms with van der Waals surface area (Å²) >= 11 is 0. The van der Waals surface area contributed by atoms with Gasteiger partial charge in [-0.1, -0.05) is 30.3 Å². The summed E-state index contributed by atoms with van der Waals surface area (Å²) in [6.45, 7) is 5.74. The molecule has 0 unspecified atom stereocenters. The average Bonchev–Trinajstić information content (AvgIpc) is 2.62. The number of nitrogens with two attached hydrogens (primary N) is 1. The van der Waals surface area contributed by atoms with Crippen LogP contribution in [0.1, 0.15) is 32.8 Å². The highest BCUT2D eigenvalue weighted by Gasteiger charge is 2.24. The summed E-state index contributed by atoms with van der Waals surface area (Å²) in [6.07, 6.45) is 1.15. The first-order chi connectivity index (χ1) is 13.1. The summed E-state index contributed by atoms with van der Waals surface area (Å²) in [4.78, 5) is 44.3. The monoisotopic (exact) mass is 393 g/mol. The third-order valence-corrected chi connectivity index (χ3v) is 3.43. The van der Waals surface area contributed by atoms with Gasteiger partial charge < -0.3 is 9.47 Å². The molecule has 154 valence electrons. The molecule has 1 aliphatic rings. The highest BCUT2D eigenvalue weighted by Crippen LogP contribution is 2.08. The largest absolute Gasteiger partial charge is 0.465 e. The van der Waals surface area contributed by atoms with Crippen LogP contribution in [0.5, 0.6) is 0 Å². The van der Waals surface area contributed by atoms with Crippen LogP contribution in [0, 0.1) is 0 Å². The van der Waals surface area contributed by atoms with E-state index < -0.39 is 23.5 Å². The molecule has 28 heavy (non-hydrogen) atoms. The van der Waals surface area contributed by atoms with Crippen LogP contribution in [-0.4, -0.2) is 54.1 Å². The van der Waals surface area contributed by atoms with Crippen molar-refractivity contribution in [3.63, 3.8) is 0 Å². The lowest BCUT2D eigenvalue weighted by atomic mass is 10.1. The number of carbonyl (C=O) groups is 4. The number of rotatable bonds is 7. The van der Waals surface area contributed by atoms with Crippen molar-refractivity contribution in [1.29, 1.82) is 0 Å². The van der Waals surface area contributed by atoms with Crippen LogP contribution in [0.3, 0.4) is 0 Å². The van der Waals surface area contributed by atoms with Crippen LogP contribution in [-0.2, 0) is 35.1 Å². The standard InChI is InChI=1S/C16H23N3O4.C3H4O2/c1-16(2,3)23-14(21)10-18-13(15(22)19(17)11-20)9-12-7-5-4-6-8-12;4-3-1-2-5-3/h4-8,11,13,18H,9-10,17H2,1-3H3;1-2H2/t13-;/m1./s1. The molecule has 1 aromatic rings. The van der Waals surface area contributed by atoms with Gasteiger partial charge in [0.15, 0.2) is 0 Å². The van der Waals surface area contributed by atoms with Crippen LogP contribution in [0.25, 0.3) is 0 Å². The van der Waals surface area contributed by atoms with Gasteiger partial charge in [0.25, 0.3) is 5.91 Å². The molecule has 1 atom stereocenters. The fourth-order valence-corrected chi connectivity index (χ4v) is 2.10. The number of hydrogen-bond donors (Lipinski definition) is 2. The van der Waals surface area contributed by atoms with Gasteiger partial charge in [-0.2, -0.15) is 0 Å². The molecule has 0 bridgehead atoms. The second kappa shape index (κ2) is 11.2. The molecule has 0 saturated carbocycles. The van der Waals surface area contributed by atoms with Gasteiger partial charge in [0, 0.05) is 0 Å². The average molecular weight is 393 g/mol. The van der Waals surface area contributed by atoms with E-state index >= 15 is 0 Å². The normalized spacial score (nSPS) is 13.8. The third kappa shape index (κ3) is 9.24.